The van der Waals surface area contributed by atoms with Crippen LogP contribution in [0.1, 0.15) is 30.6 Å². The van der Waals surface area contributed by atoms with E-state index < -0.39 is 0 Å². The summed E-state index contributed by atoms with van der Waals surface area (Å²) in [5.74, 6) is 0. The zero-order valence-corrected chi connectivity index (χ0v) is 12.5. The minimum absolute atomic E-state index is 0.202. The summed E-state index contributed by atoms with van der Waals surface area (Å²) < 4.78 is 7.93. The lowest BCUT2D eigenvalue weighted by Gasteiger charge is -2.41. The van der Waals surface area contributed by atoms with Crippen molar-refractivity contribution in [2.45, 2.75) is 32.4 Å². The van der Waals surface area contributed by atoms with E-state index in [1.54, 1.807) is 0 Å². The van der Waals surface area contributed by atoms with Crippen LogP contribution in [0.3, 0.4) is 0 Å². The van der Waals surface area contributed by atoms with Crippen LogP contribution in [0.25, 0.3) is 0 Å². The third kappa shape index (κ3) is 2.99. The average Bonchev–Trinajstić information content (AvgIpc) is 2.72. The molecule has 0 aromatic carbocycles. The van der Waals surface area contributed by atoms with E-state index >= 15 is 0 Å². The van der Waals surface area contributed by atoms with Crippen LogP contribution in [0.4, 0.5) is 0 Å². The van der Waals surface area contributed by atoms with Crippen molar-refractivity contribution in [2.75, 3.05) is 33.3 Å². The molecule has 5 heteroatoms. The molecule has 19 heavy (non-hydrogen) atoms. The van der Waals surface area contributed by atoms with Gasteiger partial charge in [-0.15, -0.1) is 0 Å². The predicted molar refractivity (Wildman–Crippen MR) is 76.2 cm³/mol. The molecule has 1 N–H and O–H groups in total. The molecule has 1 aromatic heterocycles. The first-order valence-electron chi connectivity index (χ1n) is 7.17. The molecule has 108 valence electrons. The van der Waals surface area contributed by atoms with Crippen LogP contribution in [-0.4, -0.2) is 54.1 Å². The summed E-state index contributed by atoms with van der Waals surface area (Å²) in [5, 5.41) is 7.64. The third-order valence-electron chi connectivity index (χ3n) is 3.96. The molecule has 0 radical (unpaired) electrons. The predicted octanol–water partition coefficient (Wildman–Crippen LogP) is 1.10. The number of likely N-dealkylation sites (N-methyl/N-ethyl adjacent to an activating group) is 1. The minimum atomic E-state index is 0.202. The summed E-state index contributed by atoms with van der Waals surface area (Å²) in [7, 11) is 3.98. The molecule has 0 bridgehead atoms. The van der Waals surface area contributed by atoms with Gasteiger partial charge < -0.3 is 10.1 Å². The molecule has 0 aliphatic carbocycles. The van der Waals surface area contributed by atoms with Gasteiger partial charge in [-0.3, -0.25) is 9.58 Å². The van der Waals surface area contributed by atoms with Gasteiger partial charge in [0, 0.05) is 31.4 Å². The molecule has 2 unspecified atom stereocenters. The van der Waals surface area contributed by atoms with Crippen molar-refractivity contribution in [3.63, 3.8) is 0 Å². The Balaban J connectivity index is 2.28. The molecule has 1 aromatic rings. The van der Waals surface area contributed by atoms with Gasteiger partial charge in [0.05, 0.1) is 24.9 Å². The van der Waals surface area contributed by atoms with E-state index in [-0.39, 0.29) is 6.10 Å². The lowest BCUT2D eigenvalue weighted by molar-refractivity contribution is -0.0706. The van der Waals surface area contributed by atoms with Crippen LogP contribution in [0, 0.1) is 6.92 Å². The van der Waals surface area contributed by atoms with Crippen molar-refractivity contribution < 1.29 is 4.74 Å². The summed E-state index contributed by atoms with van der Waals surface area (Å²) in [6.07, 6.45) is 3.37. The lowest BCUT2D eigenvalue weighted by atomic mass is 9.98. The molecule has 1 aliphatic heterocycles. The highest BCUT2D eigenvalue weighted by atomic mass is 16.5. The van der Waals surface area contributed by atoms with E-state index in [9.17, 15) is 0 Å². The second-order valence-electron chi connectivity index (χ2n) is 5.26. The van der Waals surface area contributed by atoms with Crippen LogP contribution >= 0.6 is 0 Å². The largest absolute Gasteiger partial charge is 0.374 e. The van der Waals surface area contributed by atoms with E-state index in [0.717, 1.165) is 26.2 Å². The third-order valence-corrected chi connectivity index (χ3v) is 3.96. The maximum Gasteiger partial charge on any atom is 0.0897 e. The summed E-state index contributed by atoms with van der Waals surface area (Å²) in [5.41, 5.74) is 2.54. The smallest absolute Gasteiger partial charge is 0.0897 e. The number of aromatic nitrogens is 2. The van der Waals surface area contributed by atoms with Crippen molar-refractivity contribution in [1.29, 1.82) is 0 Å². The normalized spacial score (nSPS) is 24.8. The van der Waals surface area contributed by atoms with E-state index in [1.807, 2.05) is 25.0 Å². The van der Waals surface area contributed by atoms with Gasteiger partial charge in [-0.05, 0) is 26.9 Å². The number of ether oxygens (including phenoxy) is 1. The van der Waals surface area contributed by atoms with Gasteiger partial charge in [0.25, 0.3) is 0 Å². The molecule has 5 nitrogen and oxygen atoms in total. The molecule has 0 amide bonds. The monoisotopic (exact) mass is 266 g/mol. The number of hydrogen-bond donors (Lipinski definition) is 1. The van der Waals surface area contributed by atoms with Crippen molar-refractivity contribution in [3.05, 3.63) is 17.5 Å². The van der Waals surface area contributed by atoms with Crippen molar-refractivity contribution in [3.8, 4) is 0 Å². The first-order valence-corrected chi connectivity index (χ1v) is 7.17. The molecule has 0 spiro atoms. The average molecular weight is 266 g/mol. The van der Waals surface area contributed by atoms with Gasteiger partial charge in [0.1, 0.15) is 0 Å². The second-order valence-corrected chi connectivity index (χ2v) is 5.26. The highest BCUT2D eigenvalue weighted by Gasteiger charge is 2.34. The fourth-order valence-electron chi connectivity index (χ4n) is 2.90. The first kappa shape index (κ1) is 14.5. The van der Waals surface area contributed by atoms with Gasteiger partial charge in [-0.25, -0.2) is 0 Å². The number of nitrogens with one attached hydrogen (secondary N) is 1. The van der Waals surface area contributed by atoms with Crippen molar-refractivity contribution >= 4 is 0 Å². The van der Waals surface area contributed by atoms with Gasteiger partial charge >= 0.3 is 0 Å². The van der Waals surface area contributed by atoms with Crippen LogP contribution in [0.5, 0.6) is 0 Å². The van der Waals surface area contributed by atoms with Gasteiger partial charge in [0.2, 0.25) is 0 Å². The van der Waals surface area contributed by atoms with E-state index in [2.05, 4.69) is 29.2 Å². The molecule has 0 saturated carbocycles. The summed E-state index contributed by atoms with van der Waals surface area (Å²) in [6.45, 7) is 8.18. The summed E-state index contributed by atoms with van der Waals surface area (Å²) in [6, 6.07) is 0.315. The number of morpholine rings is 1. The number of rotatable bonds is 5. The fourth-order valence-corrected chi connectivity index (χ4v) is 2.90. The van der Waals surface area contributed by atoms with Crippen molar-refractivity contribution in [1.82, 2.24) is 20.0 Å². The highest BCUT2D eigenvalue weighted by Crippen LogP contribution is 2.31. The topological polar surface area (TPSA) is 42.3 Å². The minimum Gasteiger partial charge on any atom is -0.374 e. The van der Waals surface area contributed by atoms with E-state index in [0.29, 0.717) is 6.04 Å². The molecule has 2 heterocycles. The Morgan fingerprint density at radius 3 is 2.89 bits per heavy atom. The van der Waals surface area contributed by atoms with Crippen LogP contribution in [-0.2, 0) is 11.8 Å². The van der Waals surface area contributed by atoms with Gasteiger partial charge in [-0.1, -0.05) is 6.92 Å². The Bertz CT molecular complexity index is 386. The van der Waals surface area contributed by atoms with E-state index in [1.165, 1.54) is 17.7 Å². The SMILES string of the molecule is CCCN1CCOC(CNC)C1c1cnn(C)c1C. The summed E-state index contributed by atoms with van der Waals surface area (Å²) in [4.78, 5) is 2.54. The van der Waals surface area contributed by atoms with Gasteiger partial charge in [-0.2, -0.15) is 5.10 Å². The Kier molecular flexibility index (Phi) is 4.96. The summed E-state index contributed by atoms with van der Waals surface area (Å²) >= 11 is 0. The molecular weight excluding hydrogens is 240 g/mol. The quantitative estimate of drug-likeness (QED) is 0.866. The molecule has 2 atom stereocenters. The Hall–Kier alpha value is -0.910. The standard InChI is InChI=1S/C14H26N4O/c1-5-6-18-7-8-19-13(10-15-3)14(18)12-9-16-17(4)11(12)2/h9,13-15H,5-8,10H2,1-4H3. The number of aryl methyl sites for hydroxylation is 1. The molecule has 1 fully saturated rings. The van der Waals surface area contributed by atoms with Crippen LogP contribution in [0.15, 0.2) is 6.20 Å². The molecule has 2 rings (SSSR count). The van der Waals surface area contributed by atoms with Crippen LogP contribution < -0.4 is 5.32 Å². The zero-order chi connectivity index (χ0) is 13.8. The molecule has 1 aliphatic rings. The molecule has 1 saturated heterocycles. The van der Waals surface area contributed by atoms with Crippen LogP contribution in [0.2, 0.25) is 0 Å². The van der Waals surface area contributed by atoms with Gasteiger partial charge in [0.15, 0.2) is 0 Å². The lowest BCUT2D eigenvalue weighted by Crippen LogP contribution is -2.49. The maximum atomic E-state index is 5.99. The second kappa shape index (κ2) is 6.50. The zero-order valence-electron chi connectivity index (χ0n) is 12.5. The fraction of sp³-hybridized carbons (Fsp3) is 0.786. The number of nitrogens with zero attached hydrogens (tertiary/aromatic N) is 3. The maximum absolute atomic E-state index is 5.99. The Labute approximate surface area is 115 Å². The van der Waals surface area contributed by atoms with Crippen molar-refractivity contribution in [2.24, 2.45) is 7.05 Å². The highest BCUT2D eigenvalue weighted by molar-refractivity contribution is 5.23. The number of hydrogen-bond acceptors (Lipinski definition) is 4. The first-order chi connectivity index (χ1) is 9.19. The Morgan fingerprint density at radius 2 is 2.32 bits per heavy atom. The van der Waals surface area contributed by atoms with E-state index in [4.69, 9.17) is 4.74 Å². The Morgan fingerprint density at radius 1 is 1.53 bits per heavy atom. The molecular formula is C14H26N4O.